The molecule has 8 nitrogen and oxygen atoms in total. The molecule has 4 amide bonds. The van der Waals surface area contributed by atoms with Crippen molar-refractivity contribution in [3.8, 4) is 0 Å². The number of ether oxygens (including phenoxy) is 1. The fraction of sp³-hybridized carbons (Fsp3) is 0.565. The molecular weight excluding hydrogens is 430 g/mol. The van der Waals surface area contributed by atoms with Crippen LogP contribution in [0.2, 0.25) is 0 Å². The van der Waals surface area contributed by atoms with E-state index in [2.05, 4.69) is 16.0 Å². The number of benzene rings is 1. The van der Waals surface area contributed by atoms with Crippen molar-refractivity contribution in [3.63, 3.8) is 0 Å². The highest BCUT2D eigenvalue weighted by molar-refractivity contribution is 8.00. The number of esters is 1. The Morgan fingerprint density at radius 1 is 1.12 bits per heavy atom. The second kappa shape index (κ2) is 8.10. The van der Waals surface area contributed by atoms with E-state index < -0.39 is 24.5 Å². The molecule has 170 valence electrons. The number of amides is 4. The van der Waals surface area contributed by atoms with Crippen LogP contribution in [0.1, 0.15) is 55.8 Å². The van der Waals surface area contributed by atoms with Gasteiger partial charge in [-0.05, 0) is 81.4 Å². The van der Waals surface area contributed by atoms with Gasteiger partial charge in [-0.25, -0.2) is 9.59 Å². The van der Waals surface area contributed by atoms with Crippen LogP contribution in [0.25, 0.3) is 0 Å². The first-order valence-electron chi connectivity index (χ1n) is 11.2. The van der Waals surface area contributed by atoms with Crippen LogP contribution in [0, 0.1) is 17.8 Å². The van der Waals surface area contributed by atoms with Crippen molar-refractivity contribution in [2.45, 2.75) is 61.1 Å². The van der Waals surface area contributed by atoms with Gasteiger partial charge in [0.25, 0.3) is 5.91 Å². The largest absolute Gasteiger partial charge is 0.452 e. The van der Waals surface area contributed by atoms with Crippen LogP contribution >= 0.6 is 11.8 Å². The van der Waals surface area contributed by atoms with Gasteiger partial charge in [-0.15, -0.1) is 11.8 Å². The number of carbonyl (C=O) groups is 4. The van der Waals surface area contributed by atoms with Crippen molar-refractivity contribution in [1.82, 2.24) is 10.6 Å². The lowest BCUT2D eigenvalue weighted by Gasteiger charge is -2.56. The number of rotatable bonds is 4. The Morgan fingerprint density at radius 2 is 1.78 bits per heavy atom. The van der Waals surface area contributed by atoms with Gasteiger partial charge in [0.15, 0.2) is 6.61 Å². The van der Waals surface area contributed by atoms with Crippen molar-refractivity contribution >= 4 is 41.3 Å². The molecule has 5 aliphatic rings. The van der Waals surface area contributed by atoms with E-state index in [9.17, 15) is 19.2 Å². The lowest BCUT2D eigenvalue weighted by molar-refractivity contribution is -0.123. The molecule has 0 saturated heterocycles. The van der Waals surface area contributed by atoms with Crippen molar-refractivity contribution in [3.05, 3.63) is 23.8 Å². The van der Waals surface area contributed by atoms with E-state index in [0.29, 0.717) is 23.4 Å². The number of nitrogens with one attached hydrogen (secondary N) is 3. The van der Waals surface area contributed by atoms with Crippen LogP contribution in [-0.4, -0.2) is 41.2 Å². The molecule has 1 aromatic carbocycles. The van der Waals surface area contributed by atoms with E-state index in [4.69, 9.17) is 4.74 Å². The maximum absolute atomic E-state index is 12.4. The Balaban J connectivity index is 1.12. The molecule has 4 bridgehead atoms. The number of anilines is 1. The molecule has 1 aliphatic heterocycles. The van der Waals surface area contributed by atoms with E-state index in [1.54, 1.807) is 12.1 Å². The van der Waals surface area contributed by atoms with Crippen molar-refractivity contribution in [2.24, 2.45) is 17.8 Å². The number of carbonyl (C=O) groups excluding carboxylic acids is 4. The van der Waals surface area contributed by atoms with Gasteiger partial charge in [0.05, 0.1) is 16.5 Å². The fourth-order valence-electron chi connectivity index (χ4n) is 6.25. The summed E-state index contributed by atoms with van der Waals surface area (Å²) in [5, 5.41) is 7.92. The summed E-state index contributed by atoms with van der Waals surface area (Å²) >= 11 is 1.42. The van der Waals surface area contributed by atoms with Crippen LogP contribution in [0.4, 0.5) is 10.5 Å². The van der Waals surface area contributed by atoms with Crippen molar-refractivity contribution in [2.75, 3.05) is 11.9 Å². The highest BCUT2D eigenvalue weighted by Crippen LogP contribution is 2.55. The summed E-state index contributed by atoms with van der Waals surface area (Å²) in [5.74, 6) is 0.555. The minimum absolute atomic E-state index is 0.127. The Bertz CT molecular complexity index is 959. The number of imide groups is 1. The van der Waals surface area contributed by atoms with E-state index in [0.717, 1.165) is 24.2 Å². The van der Waals surface area contributed by atoms with Crippen LogP contribution in [0.15, 0.2) is 23.1 Å². The van der Waals surface area contributed by atoms with E-state index in [1.165, 1.54) is 37.1 Å². The minimum Gasteiger partial charge on any atom is -0.452 e. The molecule has 32 heavy (non-hydrogen) atoms. The second-order valence-corrected chi connectivity index (χ2v) is 11.1. The number of hydrogen-bond acceptors (Lipinski definition) is 6. The third-order valence-electron chi connectivity index (χ3n) is 7.15. The Morgan fingerprint density at radius 3 is 2.44 bits per heavy atom. The summed E-state index contributed by atoms with van der Waals surface area (Å²) in [7, 11) is 0. The monoisotopic (exact) mass is 457 g/mol. The molecule has 6 rings (SSSR count). The highest BCUT2D eigenvalue weighted by atomic mass is 32.2. The molecule has 4 fully saturated rings. The number of fused-ring (bicyclic) bond motifs is 1. The molecule has 0 spiro atoms. The van der Waals surface area contributed by atoms with Gasteiger partial charge >= 0.3 is 12.0 Å². The molecule has 1 aromatic rings. The summed E-state index contributed by atoms with van der Waals surface area (Å²) in [6.45, 7) is 1.26. The van der Waals surface area contributed by atoms with Gasteiger partial charge in [-0.2, -0.15) is 0 Å². The van der Waals surface area contributed by atoms with Gasteiger partial charge in [0.2, 0.25) is 5.91 Å². The lowest BCUT2D eigenvalue weighted by Crippen LogP contribution is -2.62. The molecule has 4 saturated carbocycles. The highest BCUT2D eigenvalue weighted by Gasteiger charge is 2.51. The average molecular weight is 458 g/mol. The maximum Gasteiger partial charge on any atom is 0.338 e. The molecule has 1 atom stereocenters. The summed E-state index contributed by atoms with van der Waals surface area (Å²) in [5.41, 5.74) is 0.579. The maximum atomic E-state index is 12.4. The quantitative estimate of drug-likeness (QED) is 0.599. The summed E-state index contributed by atoms with van der Waals surface area (Å²) < 4.78 is 5.07. The van der Waals surface area contributed by atoms with E-state index in [-0.39, 0.29) is 22.3 Å². The van der Waals surface area contributed by atoms with Gasteiger partial charge in [0, 0.05) is 10.4 Å². The first kappa shape index (κ1) is 21.3. The predicted octanol–water partition coefficient (Wildman–Crippen LogP) is 3.07. The molecule has 0 aromatic heterocycles. The first-order valence-corrected chi connectivity index (χ1v) is 12.1. The van der Waals surface area contributed by atoms with E-state index in [1.807, 2.05) is 6.92 Å². The third-order valence-corrected chi connectivity index (χ3v) is 8.33. The standard InChI is InChI=1S/C23H27N3O5S/c1-12-20(28)24-17-7-16(2-3-18(17)32-12)21(29)31-11-19(27)25-22(30)26-23-8-13-4-14(9-23)6-15(5-13)10-23/h2-3,7,12-15H,4-6,8-11H2,1H3,(H,24,28)(H2,25,26,27,30). The average Bonchev–Trinajstić information content (AvgIpc) is 2.71. The van der Waals surface area contributed by atoms with Crippen molar-refractivity contribution in [1.29, 1.82) is 0 Å². The zero-order valence-corrected chi connectivity index (χ0v) is 18.8. The van der Waals surface area contributed by atoms with Gasteiger partial charge in [0.1, 0.15) is 0 Å². The molecule has 9 heteroatoms. The van der Waals surface area contributed by atoms with Gasteiger partial charge < -0.3 is 15.4 Å². The van der Waals surface area contributed by atoms with Crippen LogP contribution < -0.4 is 16.0 Å². The van der Waals surface area contributed by atoms with Crippen LogP contribution in [0.3, 0.4) is 0 Å². The Hall–Kier alpha value is -2.55. The molecule has 1 heterocycles. The van der Waals surface area contributed by atoms with Gasteiger partial charge in [-0.3, -0.25) is 14.9 Å². The molecule has 3 N–H and O–H groups in total. The molecule has 0 radical (unpaired) electrons. The molecule has 4 aliphatic carbocycles. The molecule has 1 unspecified atom stereocenters. The van der Waals surface area contributed by atoms with Gasteiger partial charge in [-0.1, -0.05) is 0 Å². The Labute approximate surface area is 190 Å². The zero-order chi connectivity index (χ0) is 22.5. The smallest absolute Gasteiger partial charge is 0.338 e. The third kappa shape index (κ3) is 4.22. The number of thioether (sulfide) groups is 1. The number of urea groups is 1. The van der Waals surface area contributed by atoms with Crippen LogP contribution in [-0.2, 0) is 14.3 Å². The summed E-state index contributed by atoms with van der Waals surface area (Å²) in [6, 6.07) is 4.35. The van der Waals surface area contributed by atoms with Crippen LogP contribution in [0.5, 0.6) is 0 Å². The fourth-order valence-corrected chi connectivity index (χ4v) is 7.18. The Kier molecular flexibility index (Phi) is 5.39. The second-order valence-electron chi connectivity index (χ2n) is 9.74. The molecular formula is C23H27N3O5S. The SMILES string of the molecule is CC1Sc2ccc(C(=O)OCC(=O)NC(=O)NC34CC5CC(CC(C5)C3)C4)cc2NC1=O. The number of hydrogen-bond donors (Lipinski definition) is 3. The van der Waals surface area contributed by atoms with Crippen molar-refractivity contribution < 1.29 is 23.9 Å². The van der Waals surface area contributed by atoms with E-state index >= 15 is 0 Å². The first-order chi connectivity index (χ1) is 15.3. The lowest BCUT2D eigenvalue weighted by atomic mass is 9.53. The normalized spacial score (nSPS) is 32.0. The summed E-state index contributed by atoms with van der Waals surface area (Å²) in [4.78, 5) is 49.7. The predicted molar refractivity (Wildman–Crippen MR) is 118 cm³/mol. The topological polar surface area (TPSA) is 114 Å². The zero-order valence-electron chi connectivity index (χ0n) is 17.9. The summed E-state index contributed by atoms with van der Waals surface area (Å²) in [6.07, 6.45) is 6.76. The minimum atomic E-state index is -0.692.